The first-order valence-corrected chi connectivity index (χ1v) is 9.04. The SMILES string of the molecule is CCOC(=O)N1CCN([C@H]2CCCN(Cc3ccccn3)C2)CC1. The average Bonchev–Trinajstić information content (AvgIpc) is 2.63. The highest BCUT2D eigenvalue weighted by Crippen LogP contribution is 2.19. The highest BCUT2D eigenvalue weighted by molar-refractivity contribution is 5.67. The van der Waals surface area contributed by atoms with E-state index in [1.54, 1.807) is 0 Å². The second-order valence-electron chi connectivity index (χ2n) is 6.57. The van der Waals surface area contributed by atoms with Gasteiger partial charge in [0.05, 0.1) is 12.3 Å². The molecule has 6 nitrogen and oxygen atoms in total. The van der Waals surface area contributed by atoms with Crippen molar-refractivity contribution in [3.05, 3.63) is 30.1 Å². The van der Waals surface area contributed by atoms with E-state index in [2.05, 4.69) is 26.9 Å². The Bertz CT molecular complexity index is 517. The van der Waals surface area contributed by atoms with Crippen molar-refractivity contribution in [1.29, 1.82) is 0 Å². The highest BCUT2D eigenvalue weighted by Gasteiger charge is 2.29. The quantitative estimate of drug-likeness (QED) is 0.842. The van der Waals surface area contributed by atoms with Gasteiger partial charge in [-0.1, -0.05) is 6.07 Å². The van der Waals surface area contributed by atoms with Gasteiger partial charge in [-0.15, -0.1) is 0 Å². The first-order chi connectivity index (χ1) is 11.8. The van der Waals surface area contributed by atoms with Crippen LogP contribution in [0.3, 0.4) is 0 Å². The summed E-state index contributed by atoms with van der Waals surface area (Å²) in [6.07, 6.45) is 4.18. The third kappa shape index (κ3) is 4.45. The summed E-state index contributed by atoms with van der Waals surface area (Å²) >= 11 is 0. The van der Waals surface area contributed by atoms with Gasteiger partial charge in [0.25, 0.3) is 0 Å². The summed E-state index contributed by atoms with van der Waals surface area (Å²) < 4.78 is 5.10. The summed E-state index contributed by atoms with van der Waals surface area (Å²) in [7, 11) is 0. The minimum Gasteiger partial charge on any atom is -0.450 e. The van der Waals surface area contributed by atoms with Gasteiger partial charge in [0.1, 0.15) is 0 Å². The van der Waals surface area contributed by atoms with Crippen LogP contribution in [0.1, 0.15) is 25.5 Å². The molecule has 1 aromatic rings. The maximum absolute atomic E-state index is 11.8. The lowest BCUT2D eigenvalue weighted by atomic mass is 10.0. The van der Waals surface area contributed by atoms with Gasteiger partial charge in [-0.25, -0.2) is 4.79 Å². The van der Waals surface area contributed by atoms with Crippen LogP contribution in [0.5, 0.6) is 0 Å². The smallest absolute Gasteiger partial charge is 0.409 e. The molecule has 3 rings (SSSR count). The molecule has 0 unspecified atom stereocenters. The van der Waals surface area contributed by atoms with Gasteiger partial charge in [0.15, 0.2) is 0 Å². The van der Waals surface area contributed by atoms with Crippen molar-refractivity contribution in [2.75, 3.05) is 45.9 Å². The van der Waals surface area contributed by atoms with E-state index in [0.29, 0.717) is 12.6 Å². The van der Waals surface area contributed by atoms with E-state index in [4.69, 9.17) is 4.74 Å². The zero-order chi connectivity index (χ0) is 16.8. The number of pyridine rings is 1. The van der Waals surface area contributed by atoms with Gasteiger partial charge in [-0.2, -0.15) is 0 Å². The number of amides is 1. The van der Waals surface area contributed by atoms with Gasteiger partial charge in [-0.05, 0) is 38.4 Å². The van der Waals surface area contributed by atoms with Crippen LogP contribution in [-0.2, 0) is 11.3 Å². The molecule has 0 bridgehead atoms. The van der Waals surface area contributed by atoms with Crippen molar-refractivity contribution in [1.82, 2.24) is 19.7 Å². The predicted molar refractivity (Wildman–Crippen MR) is 92.7 cm³/mol. The molecule has 0 aliphatic carbocycles. The van der Waals surface area contributed by atoms with Crippen molar-refractivity contribution < 1.29 is 9.53 Å². The number of hydrogen-bond acceptors (Lipinski definition) is 5. The molecule has 132 valence electrons. The van der Waals surface area contributed by atoms with E-state index in [-0.39, 0.29) is 6.09 Å². The van der Waals surface area contributed by atoms with E-state index in [1.807, 2.05) is 24.1 Å². The Kier molecular flexibility index (Phi) is 6.04. The van der Waals surface area contributed by atoms with Crippen LogP contribution >= 0.6 is 0 Å². The Hall–Kier alpha value is -1.66. The fourth-order valence-corrected chi connectivity index (χ4v) is 3.68. The van der Waals surface area contributed by atoms with Gasteiger partial charge in [-0.3, -0.25) is 14.8 Å². The third-order valence-corrected chi connectivity index (χ3v) is 4.95. The largest absolute Gasteiger partial charge is 0.450 e. The van der Waals surface area contributed by atoms with Crippen LogP contribution in [0.15, 0.2) is 24.4 Å². The summed E-state index contributed by atoms with van der Waals surface area (Å²) in [4.78, 5) is 23.1. The van der Waals surface area contributed by atoms with Gasteiger partial charge < -0.3 is 9.64 Å². The zero-order valence-corrected chi connectivity index (χ0v) is 14.6. The Morgan fingerprint density at radius 2 is 2.08 bits per heavy atom. The van der Waals surface area contributed by atoms with E-state index in [0.717, 1.165) is 51.5 Å². The van der Waals surface area contributed by atoms with Crippen LogP contribution in [0, 0.1) is 0 Å². The second-order valence-corrected chi connectivity index (χ2v) is 6.57. The lowest BCUT2D eigenvalue weighted by molar-refractivity contribution is 0.0410. The molecule has 2 fully saturated rings. The second kappa shape index (κ2) is 8.44. The molecule has 24 heavy (non-hydrogen) atoms. The number of piperidine rings is 1. The third-order valence-electron chi connectivity index (χ3n) is 4.95. The van der Waals surface area contributed by atoms with E-state index in [9.17, 15) is 4.79 Å². The molecule has 0 saturated carbocycles. The summed E-state index contributed by atoms with van der Waals surface area (Å²) in [5.74, 6) is 0. The van der Waals surface area contributed by atoms with Crippen LogP contribution < -0.4 is 0 Å². The van der Waals surface area contributed by atoms with Crippen LogP contribution in [0.4, 0.5) is 4.79 Å². The van der Waals surface area contributed by atoms with Crippen molar-refractivity contribution in [3.8, 4) is 0 Å². The van der Waals surface area contributed by atoms with Crippen LogP contribution in [-0.4, -0.2) is 77.7 Å². The first kappa shape index (κ1) is 17.2. The lowest BCUT2D eigenvalue weighted by Crippen LogP contribution is -2.55. The molecule has 0 N–H and O–H groups in total. The number of aromatic nitrogens is 1. The van der Waals surface area contributed by atoms with Gasteiger partial charge >= 0.3 is 6.09 Å². The molecular formula is C18H28N4O2. The standard InChI is InChI=1S/C18H28N4O2/c1-2-24-18(23)22-12-10-21(11-13-22)17-7-5-9-20(15-17)14-16-6-3-4-8-19-16/h3-4,6,8,17H,2,5,7,9-15H2,1H3/t17-/m0/s1. The molecular weight excluding hydrogens is 304 g/mol. The molecule has 2 aliphatic rings. The normalized spacial score (nSPS) is 23.2. The van der Waals surface area contributed by atoms with Crippen LogP contribution in [0.25, 0.3) is 0 Å². The van der Waals surface area contributed by atoms with E-state index in [1.165, 1.54) is 12.8 Å². The number of carbonyl (C=O) groups excluding carboxylic acids is 1. The summed E-state index contributed by atoms with van der Waals surface area (Å²) in [6, 6.07) is 6.71. The zero-order valence-electron chi connectivity index (χ0n) is 14.6. The number of rotatable bonds is 4. The summed E-state index contributed by atoms with van der Waals surface area (Å²) in [5, 5.41) is 0. The number of likely N-dealkylation sites (tertiary alicyclic amines) is 1. The maximum atomic E-state index is 11.8. The Morgan fingerprint density at radius 1 is 1.25 bits per heavy atom. The number of piperazine rings is 1. The molecule has 2 saturated heterocycles. The molecule has 2 aliphatic heterocycles. The number of hydrogen-bond donors (Lipinski definition) is 0. The molecule has 1 aromatic heterocycles. The van der Waals surface area contributed by atoms with E-state index >= 15 is 0 Å². The fourth-order valence-electron chi connectivity index (χ4n) is 3.68. The Labute approximate surface area is 144 Å². The summed E-state index contributed by atoms with van der Waals surface area (Å²) in [6.45, 7) is 8.91. The summed E-state index contributed by atoms with van der Waals surface area (Å²) in [5.41, 5.74) is 1.14. The maximum Gasteiger partial charge on any atom is 0.409 e. The minimum atomic E-state index is -0.169. The van der Waals surface area contributed by atoms with Gasteiger partial charge in [0, 0.05) is 51.5 Å². The molecule has 1 amide bonds. The molecule has 1 atom stereocenters. The van der Waals surface area contributed by atoms with Crippen molar-refractivity contribution >= 4 is 6.09 Å². The molecule has 0 radical (unpaired) electrons. The number of nitrogens with zero attached hydrogens (tertiary/aromatic N) is 4. The average molecular weight is 332 g/mol. The lowest BCUT2D eigenvalue weighted by Gasteiger charge is -2.43. The van der Waals surface area contributed by atoms with Crippen LogP contribution in [0.2, 0.25) is 0 Å². The Balaban J connectivity index is 1.48. The molecule has 3 heterocycles. The Morgan fingerprint density at radius 3 is 2.79 bits per heavy atom. The predicted octanol–water partition coefficient (Wildman–Crippen LogP) is 1.82. The van der Waals surface area contributed by atoms with E-state index < -0.39 is 0 Å². The minimum absolute atomic E-state index is 0.169. The van der Waals surface area contributed by atoms with Crippen molar-refractivity contribution in [2.24, 2.45) is 0 Å². The first-order valence-electron chi connectivity index (χ1n) is 9.04. The topological polar surface area (TPSA) is 48.9 Å². The van der Waals surface area contributed by atoms with Gasteiger partial charge in [0.2, 0.25) is 0 Å². The number of carbonyl (C=O) groups is 1. The molecule has 6 heteroatoms. The van der Waals surface area contributed by atoms with Crippen molar-refractivity contribution in [2.45, 2.75) is 32.4 Å². The highest BCUT2D eigenvalue weighted by atomic mass is 16.6. The number of ether oxygens (including phenoxy) is 1. The fraction of sp³-hybridized carbons (Fsp3) is 0.667. The van der Waals surface area contributed by atoms with Crippen molar-refractivity contribution in [3.63, 3.8) is 0 Å². The monoisotopic (exact) mass is 332 g/mol. The molecule has 0 aromatic carbocycles. The molecule has 0 spiro atoms.